The lowest BCUT2D eigenvalue weighted by Crippen LogP contribution is -2.21. The maximum atomic E-state index is 9.17. The van der Waals surface area contributed by atoms with E-state index in [1.54, 1.807) is 12.1 Å². The maximum absolute atomic E-state index is 9.17. The van der Waals surface area contributed by atoms with Crippen LogP contribution >= 0.6 is 11.6 Å². The lowest BCUT2D eigenvalue weighted by Gasteiger charge is -2.08. The van der Waals surface area contributed by atoms with Crippen molar-refractivity contribution in [2.45, 2.75) is 26.4 Å². The molecule has 0 amide bonds. The largest absolute Gasteiger partial charge is 0.506 e. The van der Waals surface area contributed by atoms with Crippen molar-refractivity contribution in [3.63, 3.8) is 0 Å². The van der Waals surface area contributed by atoms with Crippen LogP contribution in [-0.2, 0) is 6.54 Å². The van der Waals surface area contributed by atoms with Crippen LogP contribution in [0.15, 0.2) is 18.2 Å². The van der Waals surface area contributed by atoms with Crippen LogP contribution in [0.2, 0.25) is 5.02 Å². The van der Waals surface area contributed by atoms with E-state index in [-0.39, 0.29) is 5.75 Å². The second-order valence-corrected chi connectivity index (χ2v) is 3.73. The average Bonchev–Trinajstić information content (AvgIpc) is 2.07. The van der Waals surface area contributed by atoms with E-state index >= 15 is 0 Å². The number of hydrogen-bond acceptors (Lipinski definition) is 2. The summed E-state index contributed by atoms with van der Waals surface area (Å²) in [5.41, 5.74) is 1.08. The zero-order chi connectivity index (χ0) is 9.84. The van der Waals surface area contributed by atoms with Crippen LogP contribution in [0.4, 0.5) is 0 Å². The van der Waals surface area contributed by atoms with Gasteiger partial charge in [-0.15, -0.1) is 0 Å². The normalized spacial score (nSPS) is 10.8. The van der Waals surface area contributed by atoms with Gasteiger partial charge in [-0.25, -0.2) is 0 Å². The minimum absolute atomic E-state index is 0.134. The topological polar surface area (TPSA) is 32.3 Å². The molecule has 0 fully saturated rings. The molecule has 0 aliphatic carbocycles. The fourth-order valence-corrected chi connectivity index (χ4v) is 1.19. The summed E-state index contributed by atoms with van der Waals surface area (Å²) in [6, 6.07) is 5.69. The summed E-state index contributed by atoms with van der Waals surface area (Å²) in [6.07, 6.45) is 0. The third-order valence-corrected chi connectivity index (χ3v) is 2.03. The number of hydrogen-bond donors (Lipinski definition) is 2. The molecule has 2 nitrogen and oxygen atoms in total. The predicted octanol–water partition coefficient (Wildman–Crippen LogP) is 2.54. The molecule has 0 bridgehead atoms. The smallest absolute Gasteiger partial charge is 0.134 e. The molecular formula is C10H14ClNO. The lowest BCUT2D eigenvalue weighted by atomic mass is 10.2. The Morgan fingerprint density at radius 1 is 1.46 bits per heavy atom. The fraction of sp³-hybridized carbons (Fsp3) is 0.400. The van der Waals surface area contributed by atoms with Gasteiger partial charge >= 0.3 is 0 Å². The Morgan fingerprint density at radius 3 is 2.69 bits per heavy atom. The minimum atomic E-state index is 0.134. The van der Waals surface area contributed by atoms with Crippen molar-refractivity contribution in [1.29, 1.82) is 0 Å². The van der Waals surface area contributed by atoms with E-state index in [1.165, 1.54) is 0 Å². The Bertz CT molecular complexity index is 286. The number of rotatable bonds is 3. The van der Waals surface area contributed by atoms with Crippen molar-refractivity contribution in [3.05, 3.63) is 28.8 Å². The summed E-state index contributed by atoms with van der Waals surface area (Å²) in [6.45, 7) is 4.95. The Morgan fingerprint density at radius 2 is 2.15 bits per heavy atom. The van der Waals surface area contributed by atoms with Gasteiger partial charge in [-0.2, -0.15) is 0 Å². The first-order valence-corrected chi connectivity index (χ1v) is 4.68. The van der Waals surface area contributed by atoms with E-state index in [0.717, 1.165) is 12.1 Å². The SMILES string of the molecule is CC(C)NCc1ccc(O)c(Cl)c1. The van der Waals surface area contributed by atoms with Crippen LogP contribution in [-0.4, -0.2) is 11.1 Å². The second kappa shape index (κ2) is 4.49. The average molecular weight is 200 g/mol. The van der Waals surface area contributed by atoms with Gasteiger partial charge in [-0.1, -0.05) is 31.5 Å². The molecule has 0 saturated heterocycles. The molecule has 1 rings (SSSR count). The number of benzene rings is 1. The summed E-state index contributed by atoms with van der Waals surface area (Å²) < 4.78 is 0. The van der Waals surface area contributed by atoms with E-state index < -0.39 is 0 Å². The van der Waals surface area contributed by atoms with Crippen LogP contribution in [0.3, 0.4) is 0 Å². The molecule has 0 aliphatic heterocycles. The van der Waals surface area contributed by atoms with Crippen molar-refractivity contribution in [2.75, 3.05) is 0 Å². The van der Waals surface area contributed by atoms with Gasteiger partial charge < -0.3 is 10.4 Å². The highest BCUT2D eigenvalue weighted by atomic mass is 35.5. The van der Waals surface area contributed by atoms with Gasteiger partial charge in [0.25, 0.3) is 0 Å². The highest BCUT2D eigenvalue weighted by Gasteiger charge is 2.00. The van der Waals surface area contributed by atoms with Crippen molar-refractivity contribution in [1.82, 2.24) is 5.32 Å². The Balaban J connectivity index is 2.63. The van der Waals surface area contributed by atoms with Crippen LogP contribution < -0.4 is 5.32 Å². The molecule has 0 aliphatic rings. The fourth-order valence-electron chi connectivity index (χ4n) is 0.982. The summed E-state index contributed by atoms with van der Waals surface area (Å²) in [5.74, 6) is 0.134. The molecule has 0 atom stereocenters. The molecular weight excluding hydrogens is 186 g/mol. The third-order valence-electron chi connectivity index (χ3n) is 1.73. The molecule has 0 unspecified atom stereocenters. The predicted molar refractivity (Wildman–Crippen MR) is 55.1 cm³/mol. The highest BCUT2D eigenvalue weighted by molar-refractivity contribution is 6.32. The van der Waals surface area contributed by atoms with E-state index in [9.17, 15) is 0 Å². The molecule has 0 saturated carbocycles. The van der Waals surface area contributed by atoms with Gasteiger partial charge in [0.15, 0.2) is 0 Å². The van der Waals surface area contributed by atoms with Gasteiger partial charge in [0, 0.05) is 12.6 Å². The zero-order valence-electron chi connectivity index (χ0n) is 7.84. The molecule has 72 valence electrons. The van der Waals surface area contributed by atoms with Crippen molar-refractivity contribution < 1.29 is 5.11 Å². The summed E-state index contributed by atoms with van der Waals surface area (Å²) in [7, 11) is 0. The number of aromatic hydroxyl groups is 1. The summed E-state index contributed by atoms with van der Waals surface area (Å²) in [5, 5.41) is 12.8. The molecule has 0 spiro atoms. The maximum Gasteiger partial charge on any atom is 0.134 e. The minimum Gasteiger partial charge on any atom is -0.506 e. The molecule has 1 aromatic rings. The quantitative estimate of drug-likeness (QED) is 0.784. The molecule has 13 heavy (non-hydrogen) atoms. The van der Waals surface area contributed by atoms with Gasteiger partial charge in [0.1, 0.15) is 5.75 Å². The first-order chi connectivity index (χ1) is 6.09. The number of phenols is 1. The monoisotopic (exact) mass is 199 g/mol. The van der Waals surface area contributed by atoms with E-state index in [2.05, 4.69) is 19.2 Å². The second-order valence-electron chi connectivity index (χ2n) is 3.32. The van der Waals surface area contributed by atoms with Gasteiger partial charge in [0.2, 0.25) is 0 Å². The molecule has 1 aromatic carbocycles. The highest BCUT2D eigenvalue weighted by Crippen LogP contribution is 2.23. The van der Waals surface area contributed by atoms with Crippen LogP contribution in [0.25, 0.3) is 0 Å². The first kappa shape index (κ1) is 10.4. The summed E-state index contributed by atoms with van der Waals surface area (Å²) >= 11 is 5.75. The number of phenolic OH excluding ortho intramolecular Hbond substituents is 1. The Labute approximate surface area is 83.5 Å². The van der Waals surface area contributed by atoms with Crippen molar-refractivity contribution >= 4 is 11.6 Å². The molecule has 2 N–H and O–H groups in total. The third kappa shape index (κ3) is 3.25. The summed E-state index contributed by atoms with van der Waals surface area (Å²) in [4.78, 5) is 0. The van der Waals surface area contributed by atoms with Crippen LogP contribution in [0, 0.1) is 0 Å². The Kier molecular flexibility index (Phi) is 3.58. The van der Waals surface area contributed by atoms with E-state index in [1.807, 2.05) is 6.07 Å². The first-order valence-electron chi connectivity index (χ1n) is 4.30. The van der Waals surface area contributed by atoms with Crippen LogP contribution in [0.1, 0.15) is 19.4 Å². The lowest BCUT2D eigenvalue weighted by molar-refractivity contribution is 0.475. The van der Waals surface area contributed by atoms with Crippen molar-refractivity contribution in [3.8, 4) is 5.75 Å². The zero-order valence-corrected chi connectivity index (χ0v) is 8.60. The molecule has 0 heterocycles. The number of halogens is 1. The van der Waals surface area contributed by atoms with E-state index in [4.69, 9.17) is 16.7 Å². The van der Waals surface area contributed by atoms with Crippen molar-refractivity contribution in [2.24, 2.45) is 0 Å². The number of nitrogens with one attached hydrogen (secondary N) is 1. The Hall–Kier alpha value is -0.730. The molecule has 3 heteroatoms. The van der Waals surface area contributed by atoms with Gasteiger partial charge in [0.05, 0.1) is 5.02 Å². The van der Waals surface area contributed by atoms with Crippen LogP contribution in [0.5, 0.6) is 5.75 Å². The van der Waals surface area contributed by atoms with Gasteiger partial charge in [-0.05, 0) is 17.7 Å². The van der Waals surface area contributed by atoms with Gasteiger partial charge in [-0.3, -0.25) is 0 Å². The molecule has 0 aromatic heterocycles. The van der Waals surface area contributed by atoms with E-state index in [0.29, 0.717) is 11.1 Å². The standard InChI is InChI=1S/C10H14ClNO/c1-7(2)12-6-8-3-4-10(13)9(11)5-8/h3-5,7,12-13H,6H2,1-2H3. The molecule has 0 radical (unpaired) electrons.